The minimum atomic E-state index is -1.05. The number of nitrogens with zero attached hydrogens (tertiary/aromatic N) is 1. The van der Waals surface area contributed by atoms with Crippen molar-refractivity contribution in [3.05, 3.63) is 45.3 Å². The van der Waals surface area contributed by atoms with Crippen LogP contribution in [0.15, 0.2) is 24.4 Å². The number of amides is 1. The fourth-order valence-corrected chi connectivity index (χ4v) is 2.42. The lowest BCUT2D eigenvalue weighted by Gasteiger charge is -2.03. The normalized spacial score (nSPS) is 10.2. The summed E-state index contributed by atoms with van der Waals surface area (Å²) in [6.07, 6.45) is 1.35. The van der Waals surface area contributed by atoms with E-state index in [9.17, 15) is 9.59 Å². The van der Waals surface area contributed by atoms with Crippen molar-refractivity contribution in [3.8, 4) is 0 Å². The fraction of sp³-hybridized carbons (Fsp3) is 0.154. The van der Waals surface area contributed by atoms with Crippen LogP contribution in [0.4, 0.5) is 5.82 Å². The maximum atomic E-state index is 12.0. The van der Waals surface area contributed by atoms with Gasteiger partial charge in [0.1, 0.15) is 5.82 Å². The maximum Gasteiger partial charge on any atom is 0.335 e. The summed E-state index contributed by atoms with van der Waals surface area (Å²) < 4.78 is 0. The molecule has 2 rings (SSSR count). The number of carboxylic acid groups (broad SMARTS) is 1. The highest BCUT2D eigenvalue weighted by molar-refractivity contribution is 7.14. The number of anilines is 1. The molecule has 6 heteroatoms. The number of thiophene rings is 1. The van der Waals surface area contributed by atoms with Gasteiger partial charge in [0.05, 0.1) is 10.4 Å². The zero-order chi connectivity index (χ0) is 14.0. The number of carbonyl (C=O) groups excluding carboxylic acids is 1. The van der Waals surface area contributed by atoms with Crippen LogP contribution in [0.1, 0.15) is 30.5 Å². The molecule has 0 aliphatic heterocycles. The summed E-state index contributed by atoms with van der Waals surface area (Å²) in [4.78, 5) is 28.4. The minimum absolute atomic E-state index is 0.0869. The van der Waals surface area contributed by atoms with Crippen LogP contribution in [0, 0.1) is 13.8 Å². The van der Waals surface area contributed by atoms with E-state index in [1.54, 1.807) is 6.07 Å². The van der Waals surface area contributed by atoms with Crippen molar-refractivity contribution in [2.45, 2.75) is 13.8 Å². The molecule has 98 valence electrons. The van der Waals surface area contributed by atoms with Crippen LogP contribution in [0.3, 0.4) is 0 Å². The van der Waals surface area contributed by atoms with Gasteiger partial charge in [-0.05, 0) is 37.6 Å². The van der Waals surface area contributed by atoms with E-state index in [1.807, 2.05) is 13.8 Å². The van der Waals surface area contributed by atoms with E-state index in [1.165, 1.54) is 29.7 Å². The second-order valence-corrected chi connectivity index (χ2v) is 5.30. The predicted molar refractivity (Wildman–Crippen MR) is 72.9 cm³/mol. The third-order valence-corrected chi connectivity index (χ3v) is 3.79. The summed E-state index contributed by atoms with van der Waals surface area (Å²) >= 11 is 1.40. The molecule has 2 N–H and O–H groups in total. The number of pyridine rings is 1. The standard InChI is InChI=1S/C13H12N2O3S/c1-7-5-10(19-8(7)2)12(16)15-11-6-9(13(17)18)3-4-14-11/h3-6H,1-2H3,(H,17,18)(H,14,15,16). The van der Waals surface area contributed by atoms with Gasteiger partial charge in [-0.2, -0.15) is 0 Å². The van der Waals surface area contributed by atoms with E-state index in [2.05, 4.69) is 10.3 Å². The average molecular weight is 276 g/mol. The van der Waals surface area contributed by atoms with Gasteiger partial charge in [0.2, 0.25) is 0 Å². The lowest BCUT2D eigenvalue weighted by molar-refractivity contribution is 0.0696. The molecule has 0 unspecified atom stereocenters. The molecule has 0 saturated heterocycles. The Morgan fingerprint density at radius 1 is 1.32 bits per heavy atom. The number of hydrogen-bond donors (Lipinski definition) is 2. The van der Waals surface area contributed by atoms with Gasteiger partial charge in [-0.25, -0.2) is 9.78 Å². The van der Waals surface area contributed by atoms with Crippen LogP contribution in [0.5, 0.6) is 0 Å². The summed E-state index contributed by atoms with van der Waals surface area (Å²) in [5.74, 6) is -1.11. The summed E-state index contributed by atoms with van der Waals surface area (Å²) in [5.41, 5.74) is 1.14. The number of aryl methyl sites for hydroxylation is 2. The van der Waals surface area contributed by atoms with E-state index < -0.39 is 5.97 Å². The second kappa shape index (κ2) is 5.19. The molecule has 2 heterocycles. The number of carboxylic acids is 1. The Balaban J connectivity index is 2.19. The summed E-state index contributed by atoms with van der Waals surface area (Å²) in [7, 11) is 0. The first-order valence-corrected chi connectivity index (χ1v) is 6.37. The second-order valence-electron chi connectivity index (χ2n) is 4.04. The quantitative estimate of drug-likeness (QED) is 0.903. The molecule has 19 heavy (non-hydrogen) atoms. The lowest BCUT2D eigenvalue weighted by Crippen LogP contribution is -2.12. The van der Waals surface area contributed by atoms with Crippen molar-refractivity contribution in [1.29, 1.82) is 0 Å². The molecular weight excluding hydrogens is 264 g/mol. The van der Waals surface area contributed by atoms with Crippen LogP contribution >= 0.6 is 11.3 Å². The molecule has 0 aromatic carbocycles. The van der Waals surface area contributed by atoms with Crippen LogP contribution < -0.4 is 5.32 Å². The first-order chi connectivity index (χ1) is 8.97. The van der Waals surface area contributed by atoms with Gasteiger partial charge in [-0.15, -0.1) is 11.3 Å². The largest absolute Gasteiger partial charge is 0.478 e. The van der Waals surface area contributed by atoms with Crippen molar-refractivity contribution < 1.29 is 14.7 Å². The maximum absolute atomic E-state index is 12.0. The van der Waals surface area contributed by atoms with Crippen molar-refractivity contribution in [2.24, 2.45) is 0 Å². The highest BCUT2D eigenvalue weighted by Gasteiger charge is 2.12. The Hall–Kier alpha value is -2.21. The number of nitrogens with one attached hydrogen (secondary N) is 1. The van der Waals surface area contributed by atoms with Crippen LogP contribution in [0.25, 0.3) is 0 Å². The molecule has 2 aromatic heterocycles. The van der Waals surface area contributed by atoms with Gasteiger partial charge in [0.15, 0.2) is 0 Å². The zero-order valence-electron chi connectivity index (χ0n) is 10.4. The van der Waals surface area contributed by atoms with Gasteiger partial charge in [0, 0.05) is 11.1 Å². The summed E-state index contributed by atoms with van der Waals surface area (Å²) in [5, 5.41) is 11.5. The predicted octanol–water partition coefficient (Wildman–Crippen LogP) is 2.71. The van der Waals surface area contributed by atoms with Crippen molar-refractivity contribution in [1.82, 2.24) is 4.98 Å². The highest BCUT2D eigenvalue weighted by Crippen LogP contribution is 2.21. The van der Waals surface area contributed by atoms with Gasteiger partial charge >= 0.3 is 5.97 Å². The Morgan fingerprint density at radius 3 is 2.63 bits per heavy atom. The van der Waals surface area contributed by atoms with Crippen LogP contribution in [-0.4, -0.2) is 22.0 Å². The minimum Gasteiger partial charge on any atom is -0.478 e. The van der Waals surface area contributed by atoms with Crippen molar-refractivity contribution in [2.75, 3.05) is 5.32 Å². The molecule has 2 aromatic rings. The molecule has 0 aliphatic carbocycles. The molecule has 0 radical (unpaired) electrons. The number of aromatic nitrogens is 1. The van der Waals surface area contributed by atoms with Crippen molar-refractivity contribution >= 4 is 29.0 Å². The molecule has 0 saturated carbocycles. The SMILES string of the molecule is Cc1cc(C(=O)Nc2cc(C(=O)O)ccn2)sc1C. The van der Waals surface area contributed by atoms with E-state index in [0.29, 0.717) is 4.88 Å². The summed E-state index contributed by atoms with van der Waals surface area (Å²) in [6, 6.07) is 4.50. The molecule has 5 nitrogen and oxygen atoms in total. The van der Waals surface area contributed by atoms with Crippen LogP contribution in [-0.2, 0) is 0 Å². The van der Waals surface area contributed by atoms with E-state index in [0.717, 1.165) is 10.4 Å². The third-order valence-electron chi connectivity index (χ3n) is 2.64. The molecule has 1 amide bonds. The van der Waals surface area contributed by atoms with E-state index in [4.69, 9.17) is 5.11 Å². The lowest BCUT2D eigenvalue weighted by atomic mass is 10.2. The molecule has 0 fully saturated rings. The van der Waals surface area contributed by atoms with Crippen molar-refractivity contribution in [3.63, 3.8) is 0 Å². The average Bonchev–Trinajstić information content (AvgIpc) is 2.70. The number of aromatic carboxylic acids is 1. The molecule has 0 atom stereocenters. The molecule has 0 aliphatic rings. The van der Waals surface area contributed by atoms with Gasteiger partial charge < -0.3 is 10.4 Å². The number of hydrogen-bond acceptors (Lipinski definition) is 4. The number of carbonyl (C=O) groups is 2. The zero-order valence-corrected chi connectivity index (χ0v) is 11.2. The first kappa shape index (κ1) is 13.2. The highest BCUT2D eigenvalue weighted by atomic mass is 32.1. The third kappa shape index (κ3) is 2.97. The van der Waals surface area contributed by atoms with E-state index >= 15 is 0 Å². The Labute approximate surface area is 113 Å². The van der Waals surface area contributed by atoms with Gasteiger partial charge in [-0.1, -0.05) is 0 Å². The van der Waals surface area contributed by atoms with E-state index in [-0.39, 0.29) is 17.3 Å². The Kier molecular flexibility index (Phi) is 3.62. The number of rotatable bonds is 3. The molecule has 0 spiro atoms. The van der Waals surface area contributed by atoms with Crippen LogP contribution in [0.2, 0.25) is 0 Å². The van der Waals surface area contributed by atoms with Gasteiger partial charge in [-0.3, -0.25) is 4.79 Å². The van der Waals surface area contributed by atoms with Gasteiger partial charge in [0.25, 0.3) is 5.91 Å². The summed E-state index contributed by atoms with van der Waals surface area (Å²) in [6.45, 7) is 3.88. The monoisotopic (exact) mass is 276 g/mol. The molecule has 0 bridgehead atoms. The smallest absolute Gasteiger partial charge is 0.335 e. The Morgan fingerprint density at radius 2 is 2.05 bits per heavy atom. The topological polar surface area (TPSA) is 79.3 Å². The Bertz CT molecular complexity index is 630. The molecular formula is C13H12N2O3S. The first-order valence-electron chi connectivity index (χ1n) is 5.55. The fourth-order valence-electron chi connectivity index (χ4n) is 1.49.